The van der Waals surface area contributed by atoms with Gasteiger partial charge in [-0.1, -0.05) is 13.0 Å². The Morgan fingerprint density at radius 3 is 2.70 bits per heavy atom. The molecule has 1 fully saturated rings. The highest BCUT2D eigenvalue weighted by Gasteiger charge is 2.25. The van der Waals surface area contributed by atoms with E-state index in [0.717, 1.165) is 82.1 Å². The maximum atomic E-state index is 12.2. The lowest BCUT2D eigenvalue weighted by molar-refractivity contribution is -0.130. The summed E-state index contributed by atoms with van der Waals surface area (Å²) in [5, 5.41) is 3.29. The Morgan fingerprint density at radius 1 is 1.12 bits per heavy atom. The van der Waals surface area contributed by atoms with E-state index in [0.29, 0.717) is 18.2 Å². The molecule has 9 heteroatoms. The van der Waals surface area contributed by atoms with Crippen LogP contribution in [0.15, 0.2) is 18.2 Å². The van der Waals surface area contributed by atoms with Crippen LogP contribution in [-0.2, 0) is 27.9 Å². The molecule has 0 spiro atoms. The first-order chi connectivity index (χ1) is 15.8. The van der Waals surface area contributed by atoms with Crippen LogP contribution >= 0.6 is 0 Å². The third kappa shape index (κ3) is 7.40. The van der Waals surface area contributed by atoms with Crippen molar-refractivity contribution in [2.45, 2.75) is 57.9 Å². The molecule has 1 unspecified atom stereocenters. The molecule has 33 heavy (non-hydrogen) atoms. The van der Waals surface area contributed by atoms with E-state index in [-0.39, 0.29) is 5.91 Å². The van der Waals surface area contributed by atoms with Crippen LogP contribution in [0.25, 0.3) is 0 Å². The fourth-order valence-electron chi connectivity index (χ4n) is 4.71. The molecule has 0 saturated carbocycles. The van der Waals surface area contributed by atoms with Crippen molar-refractivity contribution in [2.24, 2.45) is 0 Å². The second-order valence-electron chi connectivity index (χ2n) is 9.27. The van der Waals surface area contributed by atoms with E-state index >= 15 is 0 Å². The molecule has 1 heterocycles. The maximum absolute atomic E-state index is 12.2. The summed E-state index contributed by atoms with van der Waals surface area (Å²) in [5.74, 6) is 0.653. The lowest BCUT2D eigenvalue weighted by Crippen LogP contribution is -2.41. The van der Waals surface area contributed by atoms with E-state index in [1.165, 1.54) is 25.2 Å². The maximum Gasteiger partial charge on any atom is 0.384 e. The zero-order chi connectivity index (χ0) is 23.8. The van der Waals surface area contributed by atoms with Crippen LogP contribution in [-0.4, -0.2) is 87.8 Å². The van der Waals surface area contributed by atoms with Gasteiger partial charge in [-0.2, -0.15) is 12.7 Å². The van der Waals surface area contributed by atoms with E-state index < -0.39 is 10.3 Å². The minimum atomic E-state index is -3.74. The summed E-state index contributed by atoms with van der Waals surface area (Å²) in [6.45, 7) is 7.71. The molecule has 1 saturated heterocycles. The zero-order valence-corrected chi connectivity index (χ0v) is 21.2. The largest absolute Gasteiger partial charge is 0.384 e. The first kappa shape index (κ1) is 25.9. The first-order valence-electron chi connectivity index (χ1n) is 12.3. The number of unbranched alkanes of at least 4 members (excludes halogenated alkanes) is 1. The number of benzene rings is 1. The molecule has 1 aliphatic carbocycles. The van der Waals surface area contributed by atoms with E-state index in [4.69, 9.17) is 4.18 Å². The third-order valence-electron chi connectivity index (χ3n) is 6.61. The van der Waals surface area contributed by atoms with Crippen molar-refractivity contribution in [1.29, 1.82) is 0 Å². The van der Waals surface area contributed by atoms with Gasteiger partial charge in [-0.05, 0) is 74.9 Å². The topological polar surface area (TPSA) is 82.2 Å². The van der Waals surface area contributed by atoms with Crippen molar-refractivity contribution in [2.75, 3.05) is 53.4 Å². The number of hydrogen-bond acceptors (Lipinski definition) is 6. The molecule has 1 N–H and O–H groups in total. The number of amides is 1. The molecule has 1 atom stereocenters. The Bertz CT molecular complexity index is 890. The molecule has 2 aliphatic rings. The summed E-state index contributed by atoms with van der Waals surface area (Å²) in [6.07, 6.45) is 6.83. The van der Waals surface area contributed by atoms with Gasteiger partial charge in [0.1, 0.15) is 5.75 Å². The Hall–Kier alpha value is -1.68. The van der Waals surface area contributed by atoms with Crippen molar-refractivity contribution in [1.82, 2.24) is 19.4 Å². The SMILES string of the molecule is CCCN(CCCCN1CCNCCC1=O)C1CCc2cc(OS(=O)(=O)N(C)C)ccc2C1. The van der Waals surface area contributed by atoms with Crippen molar-refractivity contribution in [3.05, 3.63) is 29.3 Å². The van der Waals surface area contributed by atoms with Gasteiger partial charge in [0.05, 0.1) is 0 Å². The van der Waals surface area contributed by atoms with Gasteiger partial charge in [0.25, 0.3) is 0 Å². The van der Waals surface area contributed by atoms with Crippen molar-refractivity contribution in [3.8, 4) is 5.75 Å². The highest BCUT2D eigenvalue weighted by molar-refractivity contribution is 7.84. The molecular weight excluding hydrogens is 440 g/mol. The zero-order valence-electron chi connectivity index (χ0n) is 20.4. The Balaban J connectivity index is 1.53. The average molecular weight is 481 g/mol. The summed E-state index contributed by atoms with van der Waals surface area (Å²) in [6, 6.07) is 6.16. The number of aryl methyl sites for hydroxylation is 1. The molecule has 1 aromatic rings. The lowest BCUT2D eigenvalue weighted by Gasteiger charge is -2.35. The number of carbonyl (C=O) groups is 1. The van der Waals surface area contributed by atoms with Crippen LogP contribution in [0.4, 0.5) is 0 Å². The minimum Gasteiger partial charge on any atom is -0.371 e. The fourth-order valence-corrected chi connectivity index (χ4v) is 5.20. The molecular formula is C24H40N4O4S. The lowest BCUT2D eigenvalue weighted by atomic mass is 9.87. The van der Waals surface area contributed by atoms with Gasteiger partial charge < -0.3 is 19.3 Å². The molecule has 0 radical (unpaired) electrons. The Morgan fingerprint density at radius 2 is 1.94 bits per heavy atom. The second kappa shape index (κ2) is 12.1. The van der Waals surface area contributed by atoms with Crippen LogP contribution in [0, 0.1) is 0 Å². The number of nitrogens with zero attached hydrogens (tertiary/aromatic N) is 3. The standard InChI is InChI=1S/C24H40N4O4S/c1-4-14-27(15-5-6-16-28-17-13-25-12-11-24(28)29)22-9-7-21-19-23(10-8-20(21)18-22)32-33(30,31)26(2)3/h8,10,19,22,25H,4-7,9,11-18H2,1-3H3. The van der Waals surface area contributed by atoms with Gasteiger partial charge >= 0.3 is 10.3 Å². The van der Waals surface area contributed by atoms with E-state index in [9.17, 15) is 13.2 Å². The molecule has 0 aromatic heterocycles. The fraction of sp³-hybridized carbons (Fsp3) is 0.708. The molecule has 1 aromatic carbocycles. The summed E-state index contributed by atoms with van der Waals surface area (Å²) in [5.41, 5.74) is 2.46. The van der Waals surface area contributed by atoms with Gasteiger partial charge in [0, 0.05) is 52.7 Å². The van der Waals surface area contributed by atoms with Gasteiger partial charge in [-0.15, -0.1) is 0 Å². The number of fused-ring (bicyclic) bond motifs is 1. The van der Waals surface area contributed by atoms with E-state index in [2.05, 4.69) is 17.1 Å². The van der Waals surface area contributed by atoms with Crippen LogP contribution in [0.1, 0.15) is 50.2 Å². The monoisotopic (exact) mass is 480 g/mol. The van der Waals surface area contributed by atoms with E-state index in [1.807, 2.05) is 17.0 Å². The minimum absolute atomic E-state index is 0.274. The summed E-state index contributed by atoms with van der Waals surface area (Å²) < 4.78 is 30.3. The van der Waals surface area contributed by atoms with E-state index in [1.54, 1.807) is 6.07 Å². The molecule has 0 bridgehead atoms. The van der Waals surface area contributed by atoms with Crippen molar-refractivity contribution < 1.29 is 17.4 Å². The number of nitrogens with one attached hydrogen (secondary N) is 1. The van der Waals surface area contributed by atoms with Gasteiger partial charge in [-0.3, -0.25) is 4.79 Å². The molecule has 3 rings (SSSR count). The van der Waals surface area contributed by atoms with Gasteiger partial charge in [0.15, 0.2) is 0 Å². The summed E-state index contributed by atoms with van der Waals surface area (Å²) in [7, 11) is -0.815. The number of hydrogen-bond donors (Lipinski definition) is 1. The number of carbonyl (C=O) groups excluding carboxylic acids is 1. The first-order valence-corrected chi connectivity index (χ1v) is 13.6. The van der Waals surface area contributed by atoms with Crippen LogP contribution in [0.5, 0.6) is 5.75 Å². The second-order valence-corrected chi connectivity index (χ2v) is 11.0. The highest BCUT2D eigenvalue weighted by atomic mass is 32.2. The predicted octanol–water partition coefficient (Wildman–Crippen LogP) is 2.04. The predicted molar refractivity (Wildman–Crippen MR) is 131 cm³/mol. The highest BCUT2D eigenvalue weighted by Crippen LogP contribution is 2.29. The molecule has 1 aliphatic heterocycles. The number of rotatable bonds is 11. The molecule has 1 amide bonds. The smallest absolute Gasteiger partial charge is 0.371 e. The van der Waals surface area contributed by atoms with Crippen molar-refractivity contribution >= 4 is 16.2 Å². The molecule has 8 nitrogen and oxygen atoms in total. The van der Waals surface area contributed by atoms with Crippen LogP contribution < -0.4 is 9.50 Å². The normalized spacial score (nSPS) is 19.6. The summed E-state index contributed by atoms with van der Waals surface area (Å²) in [4.78, 5) is 16.8. The van der Waals surface area contributed by atoms with Crippen LogP contribution in [0.2, 0.25) is 0 Å². The Kier molecular flexibility index (Phi) is 9.55. The van der Waals surface area contributed by atoms with Gasteiger partial charge in [0.2, 0.25) is 5.91 Å². The van der Waals surface area contributed by atoms with Gasteiger partial charge in [-0.25, -0.2) is 0 Å². The van der Waals surface area contributed by atoms with Crippen LogP contribution in [0.3, 0.4) is 0 Å². The van der Waals surface area contributed by atoms with Crippen molar-refractivity contribution in [3.63, 3.8) is 0 Å². The Labute approximate surface area is 199 Å². The third-order valence-corrected chi connectivity index (χ3v) is 7.90. The average Bonchev–Trinajstić information content (AvgIpc) is 2.99. The quantitative estimate of drug-likeness (QED) is 0.488. The molecule has 186 valence electrons. The summed E-state index contributed by atoms with van der Waals surface area (Å²) >= 11 is 0.